The Morgan fingerprint density at radius 2 is 1.88 bits per heavy atom. The molecule has 1 aliphatic heterocycles. The Hall–Kier alpha value is -1.15. The van der Waals surface area contributed by atoms with Crippen molar-refractivity contribution in [1.82, 2.24) is 9.62 Å². The molecule has 0 bridgehead atoms. The van der Waals surface area contributed by atoms with Crippen LogP contribution in [-0.2, 0) is 19.6 Å². The van der Waals surface area contributed by atoms with Gasteiger partial charge in [0.1, 0.15) is 6.42 Å². The van der Waals surface area contributed by atoms with Crippen molar-refractivity contribution < 1.29 is 23.1 Å². The highest BCUT2D eigenvalue weighted by atomic mass is 32.2. The second-order valence-corrected chi connectivity index (χ2v) is 5.90. The van der Waals surface area contributed by atoms with Crippen molar-refractivity contribution in [2.45, 2.75) is 25.3 Å². The number of nitrogens with zero attached hydrogens (tertiary/aromatic N) is 1. The zero-order chi connectivity index (χ0) is 13.1. The number of rotatable bonds is 4. The molecule has 0 atom stereocenters. The lowest BCUT2D eigenvalue weighted by Crippen LogP contribution is -2.46. The van der Waals surface area contributed by atoms with E-state index in [1.807, 2.05) is 0 Å². The molecule has 2 N–H and O–H groups in total. The molecule has 7 nitrogen and oxygen atoms in total. The van der Waals surface area contributed by atoms with Gasteiger partial charge < -0.3 is 10.0 Å². The number of hydrogen-bond donors (Lipinski definition) is 2. The molecule has 98 valence electrons. The van der Waals surface area contributed by atoms with E-state index in [-0.39, 0.29) is 6.04 Å². The second kappa shape index (κ2) is 5.46. The molecule has 0 unspecified atom stereocenters. The van der Waals surface area contributed by atoms with Crippen LogP contribution in [0.5, 0.6) is 0 Å². The first-order valence-corrected chi connectivity index (χ1v) is 7.14. The van der Waals surface area contributed by atoms with Crippen LogP contribution in [0.1, 0.15) is 19.3 Å². The number of carbonyl (C=O) groups excluding carboxylic acids is 1. The number of amides is 1. The average Bonchev–Trinajstić information content (AvgIpc) is 2.15. The van der Waals surface area contributed by atoms with E-state index in [1.165, 1.54) is 4.90 Å². The molecule has 8 heteroatoms. The van der Waals surface area contributed by atoms with Crippen LogP contribution in [-0.4, -0.2) is 55.7 Å². The van der Waals surface area contributed by atoms with Gasteiger partial charge in [-0.1, -0.05) is 0 Å². The van der Waals surface area contributed by atoms with Gasteiger partial charge in [-0.2, -0.15) is 0 Å². The van der Waals surface area contributed by atoms with Gasteiger partial charge in [-0.3, -0.25) is 9.59 Å². The van der Waals surface area contributed by atoms with E-state index < -0.39 is 28.3 Å². The standard InChI is InChI=1S/C9H16N2O5S/c1-17(15,16)10-7-2-4-11(5-3-7)8(12)6-9(13)14/h7,10H,2-6H2,1H3,(H,13,14). The van der Waals surface area contributed by atoms with E-state index in [2.05, 4.69) is 4.72 Å². The maximum Gasteiger partial charge on any atom is 0.312 e. The Morgan fingerprint density at radius 1 is 1.35 bits per heavy atom. The predicted molar refractivity (Wildman–Crippen MR) is 59.8 cm³/mol. The summed E-state index contributed by atoms with van der Waals surface area (Å²) in [5.41, 5.74) is 0. The van der Waals surface area contributed by atoms with E-state index in [9.17, 15) is 18.0 Å². The van der Waals surface area contributed by atoms with Crippen molar-refractivity contribution >= 4 is 21.9 Å². The van der Waals surface area contributed by atoms with Crippen LogP contribution in [0.4, 0.5) is 0 Å². The molecule has 1 aliphatic rings. The quantitative estimate of drug-likeness (QED) is 0.634. The zero-order valence-corrected chi connectivity index (χ0v) is 10.4. The van der Waals surface area contributed by atoms with Crippen molar-refractivity contribution in [3.8, 4) is 0 Å². The van der Waals surface area contributed by atoms with Crippen molar-refractivity contribution in [3.05, 3.63) is 0 Å². The van der Waals surface area contributed by atoms with Crippen LogP contribution >= 0.6 is 0 Å². The summed E-state index contributed by atoms with van der Waals surface area (Å²) in [6.07, 6.45) is 1.61. The van der Waals surface area contributed by atoms with Crippen molar-refractivity contribution in [1.29, 1.82) is 0 Å². The van der Waals surface area contributed by atoms with E-state index >= 15 is 0 Å². The molecule has 0 aliphatic carbocycles. The number of nitrogens with one attached hydrogen (secondary N) is 1. The molecule has 0 aromatic heterocycles. The molecule has 0 radical (unpaired) electrons. The Labute approximate surface area is 99.8 Å². The maximum atomic E-state index is 11.4. The molecule has 1 heterocycles. The highest BCUT2D eigenvalue weighted by Gasteiger charge is 2.25. The first-order chi connectivity index (χ1) is 7.78. The maximum absolute atomic E-state index is 11.4. The lowest BCUT2D eigenvalue weighted by molar-refractivity contribution is -0.144. The molecule has 0 saturated carbocycles. The third-order valence-electron chi connectivity index (χ3n) is 2.53. The lowest BCUT2D eigenvalue weighted by atomic mass is 10.1. The molecule has 1 saturated heterocycles. The largest absolute Gasteiger partial charge is 0.481 e. The monoisotopic (exact) mass is 264 g/mol. The van der Waals surface area contributed by atoms with Gasteiger partial charge in [-0.05, 0) is 12.8 Å². The van der Waals surface area contributed by atoms with E-state index in [0.29, 0.717) is 25.9 Å². The Balaban J connectivity index is 2.40. The fourth-order valence-electron chi connectivity index (χ4n) is 1.79. The summed E-state index contributed by atoms with van der Waals surface area (Å²) in [5, 5.41) is 8.48. The molecular formula is C9H16N2O5S. The molecule has 1 amide bonds. The van der Waals surface area contributed by atoms with Crippen molar-refractivity contribution in [2.24, 2.45) is 0 Å². The fourth-order valence-corrected chi connectivity index (χ4v) is 2.63. The molecule has 0 aromatic rings. The first-order valence-electron chi connectivity index (χ1n) is 5.25. The van der Waals surface area contributed by atoms with Gasteiger partial charge in [0.05, 0.1) is 6.26 Å². The number of likely N-dealkylation sites (tertiary alicyclic amines) is 1. The fraction of sp³-hybridized carbons (Fsp3) is 0.778. The highest BCUT2D eigenvalue weighted by molar-refractivity contribution is 7.88. The zero-order valence-electron chi connectivity index (χ0n) is 9.55. The molecule has 1 fully saturated rings. The van der Waals surface area contributed by atoms with Crippen molar-refractivity contribution in [2.75, 3.05) is 19.3 Å². The third-order valence-corrected chi connectivity index (χ3v) is 3.29. The molecular weight excluding hydrogens is 248 g/mol. The summed E-state index contributed by atoms with van der Waals surface area (Å²) >= 11 is 0. The Morgan fingerprint density at radius 3 is 2.29 bits per heavy atom. The number of sulfonamides is 1. The summed E-state index contributed by atoms with van der Waals surface area (Å²) in [4.78, 5) is 23.2. The minimum Gasteiger partial charge on any atom is -0.481 e. The smallest absolute Gasteiger partial charge is 0.312 e. The minimum atomic E-state index is -3.23. The van der Waals surface area contributed by atoms with E-state index in [4.69, 9.17) is 5.11 Å². The van der Waals surface area contributed by atoms with Gasteiger partial charge in [0.2, 0.25) is 15.9 Å². The summed E-state index contributed by atoms with van der Waals surface area (Å²) in [5.74, 6) is -1.57. The van der Waals surface area contributed by atoms with Crippen LogP contribution in [0.3, 0.4) is 0 Å². The van der Waals surface area contributed by atoms with Gasteiger partial charge in [0, 0.05) is 19.1 Å². The minimum absolute atomic E-state index is 0.168. The van der Waals surface area contributed by atoms with Crippen LogP contribution < -0.4 is 4.72 Å². The summed E-state index contributed by atoms with van der Waals surface area (Å²) in [6.45, 7) is 0.776. The van der Waals surface area contributed by atoms with Gasteiger partial charge in [-0.15, -0.1) is 0 Å². The van der Waals surface area contributed by atoms with Crippen LogP contribution in [0.2, 0.25) is 0 Å². The number of hydrogen-bond acceptors (Lipinski definition) is 4. The van der Waals surface area contributed by atoms with Crippen LogP contribution in [0.25, 0.3) is 0 Å². The predicted octanol–water partition coefficient (Wildman–Crippen LogP) is -0.999. The topological polar surface area (TPSA) is 104 Å². The molecule has 0 aromatic carbocycles. The number of piperidine rings is 1. The Kier molecular flexibility index (Phi) is 4.47. The van der Waals surface area contributed by atoms with Gasteiger partial charge in [0.25, 0.3) is 0 Å². The van der Waals surface area contributed by atoms with E-state index in [1.54, 1.807) is 0 Å². The average molecular weight is 264 g/mol. The molecule has 0 spiro atoms. The van der Waals surface area contributed by atoms with Gasteiger partial charge in [-0.25, -0.2) is 13.1 Å². The van der Waals surface area contributed by atoms with Gasteiger partial charge in [0.15, 0.2) is 0 Å². The van der Waals surface area contributed by atoms with Crippen LogP contribution in [0.15, 0.2) is 0 Å². The number of aliphatic carboxylic acids is 1. The van der Waals surface area contributed by atoms with E-state index in [0.717, 1.165) is 6.26 Å². The number of carboxylic acid groups (broad SMARTS) is 1. The summed E-state index contributed by atoms with van der Waals surface area (Å²) < 4.78 is 24.5. The number of carbonyl (C=O) groups is 2. The number of carboxylic acids is 1. The second-order valence-electron chi connectivity index (χ2n) is 4.12. The normalized spacial score (nSPS) is 18.1. The van der Waals surface area contributed by atoms with Crippen LogP contribution in [0, 0.1) is 0 Å². The Bertz CT molecular complexity index is 398. The third kappa shape index (κ3) is 5.14. The summed E-state index contributed by atoms with van der Waals surface area (Å²) in [6, 6.07) is -0.168. The lowest BCUT2D eigenvalue weighted by Gasteiger charge is -2.31. The highest BCUT2D eigenvalue weighted by Crippen LogP contribution is 2.12. The van der Waals surface area contributed by atoms with Gasteiger partial charge >= 0.3 is 5.97 Å². The summed E-state index contributed by atoms with van der Waals surface area (Å²) in [7, 11) is -3.23. The van der Waals surface area contributed by atoms with Crippen molar-refractivity contribution in [3.63, 3.8) is 0 Å². The molecule has 17 heavy (non-hydrogen) atoms. The SMILES string of the molecule is CS(=O)(=O)NC1CCN(C(=O)CC(=O)O)CC1. The first kappa shape index (κ1) is 13.9. The molecule has 1 rings (SSSR count).